The summed E-state index contributed by atoms with van der Waals surface area (Å²) in [5.74, 6) is 0. The highest BCUT2D eigenvalue weighted by Gasteiger charge is 2.25. The lowest BCUT2D eigenvalue weighted by Crippen LogP contribution is -2.54. The molecule has 1 heterocycles. The van der Waals surface area contributed by atoms with Crippen molar-refractivity contribution in [2.75, 3.05) is 13.1 Å². The summed E-state index contributed by atoms with van der Waals surface area (Å²) in [7, 11) is 0. The zero-order valence-electron chi connectivity index (χ0n) is 10.8. The first-order valence-electron chi connectivity index (χ1n) is 6.32. The van der Waals surface area contributed by atoms with Gasteiger partial charge >= 0.3 is 0 Å². The number of nitrogens with zero attached hydrogens (tertiary/aromatic N) is 1. The van der Waals surface area contributed by atoms with Crippen molar-refractivity contribution in [3.8, 4) is 0 Å². The van der Waals surface area contributed by atoms with Gasteiger partial charge in [-0.2, -0.15) is 0 Å². The SMILES string of the molecule is CC1CN(C(C)c2cccc(Cl)c2)CC(C)N1. The van der Waals surface area contributed by atoms with E-state index in [1.54, 1.807) is 0 Å². The Labute approximate surface area is 109 Å². The summed E-state index contributed by atoms with van der Waals surface area (Å²) >= 11 is 6.05. The van der Waals surface area contributed by atoms with E-state index in [4.69, 9.17) is 11.6 Å². The molecule has 0 aromatic heterocycles. The van der Waals surface area contributed by atoms with E-state index in [0.29, 0.717) is 18.1 Å². The van der Waals surface area contributed by atoms with Gasteiger partial charge in [0.1, 0.15) is 0 Å². The number of nitrogens with one attached hydrogen (secondary N) is 1. The second-order valence-electron chi connectivity index (χ2n) is 5.15. The van der Waals surface area contributed by atoms with Crippen LogP contribution >= 0.6 is 11.6 Å². The zero-order valence-corrected chi connectivity index (χ0v) is 11.5. The molecule has 3 unspecified atom stereocenters. The van der Waals surface area contributed by atoms with Crippen LogP contribution in [-0.2, 0) is 0 Å². The average Bonchev–Trinajstić information content (AvgIpc) is 2.26. The fraction of sp³-hybridized carbons (Fsp3) is 0.571. The van der Waals surface area contributed by atoms with Crippen molar-refractivity contribution in [1.82, 2.24) is 10.2 Å². The number of piperazine rings is 1. The van der Waals surface area contributed by atoms with Crippen LogP contribution in [0.5, 0.6) is 0 Å². The molecule has 0 bridgehead atoms. The van der Waals surface area contributed by atoms with Crippen molar-refractivity contribution >= 4 is 11.6 Å². The molecule has 17 heavy (non-hydrogen) atoms. The molecule has 0 saturated carbocycles. The Bertz CT molecular complexity index is 370. The van der Waals surface area contributed by atoms with Crippen molar-refractivity contribution in [3.63, 3.8) is 0 Å². The molecule has 1 N–H and O–H groups in total. The van der Waals surface area contributed by atoms with E-state index in [2.05, 4.69) is 43.1 Å². The monoisotopic (exact) mass is 252 g/mol. The van der Waals surface area contributed by atoms with E-state index in [9.17, 15) is 0 Å². The molecule has 2 nitrogen and oxygen atoms in total. The summed E-state index contributed by atoms with van der Waals surface area (Å²) in [6.45, 7) is 8.94. The Morgan fingerprint density at radius 2 is 1.94 bits per heavy atom. The Kier molecular flexibility index (Phi) is 4.08. The minimum absolute atomic E-state index is 0.431. The van der Waals surface area contributed by atoms with Crippen LogP contribution in [0.25, 0.3) is 0 Å². The van der Waals surface area contributed by atoms with Gasteiger partial charge < -0.3 is 5.32 Å². The van der Waals surface area contributed by atoms with Crippen LogP contribution in [0.15, 0.2) is 24.3 Å². The topological polar surface area (TPSA) is 15.3 Å². The molecule has 0 aliphatic carbocycles. The summed E-state index contributed by atoms with van der Waals surface area (Å²) in [5, 5.41) is 4.38. The van der Waals surface area contributed by atoms with Crippen LogP contribution in [0.4, 0.5) is 0 Å². The first-order chi connectivity index (χ1) is 8.06. The summed E-state index contributed by atoms with van der Waals surface area (Å²) in [5.41, 5.74) is 1.30. The molecular formula is C14H21ClN2. The number of rotatable bonds is 2. The molecule has 1 fully saturated rings. The smallest absolute Gasteiger partial charge is 0.0409 e. The number of halogens is 1. The normalized spacial score (nSPS) is 28.0. The highest BCUT2D eigenvalue weighted by molar-refractivity contribution is 6.30. The van der Waals surface area contributed by atoms with E-state index < -0.39 is 0 Å². The quantitative estimate of drug-likeness (QED) is 0.870. The lowest BCUT2D eigenvalue weighted by Gasteiger charge is -2.39. The zero-order chi connectivity index (χ0) is 12.4. The van der Waals surface area contributed by atoms with Gasteiger partial charge in [-0.1, -0.05) is 23.7 Å². The van der Waals surface area contributed by atoms with Crippen LogP contribution in [0, 0.1) is 0 Å². The fourth-order valence-electron chi connectivity index (χ4n) is 2.66. The van der Waals surface area contributed by atoms with Crippen LogP contribution in [-0.4, -0.2) is 30.1 Å². The van der Waals surface area contributed by atoms with Gasteiger partial charge in [0.15, 0.2) is 0 Å². The number of hydrogen-bond acceptors (Lipinski definition) is 2. The molecule has 1 aromatic carbocycles. The molecular weight excluding hydrogens is 232 g/mol. The molecule has 1 saturated heterocycles. The third-order valence-corrected chi connectivity index (χ3v) is 3.70. The highest BCUT2D eigenvalue weighted by Crippen LogP contribution is 2.24. The van der Waals surface area contributed by atoms with Gasteiger partial charge in [-0.25, -0.2) is 0 Å². The molecule has 94 valence electrons. The van der Waals surface area contributed by atoms with Crippen LogP contribution in [0.1, 0.15) is 32.4 Å². The Morgan fingerprint density at radius 3 is 2.53 bits per heavy atom. The Morgan fingerprint density at radius 1 is 1.29 bits per heavy atom. The van der Waals surface area contributed by atoms with Gasteiger partial charge in [0.25, 0.3) is 0 Å². The minimum atomic E-state index is 0.431. The number of benzene rings is 1. The molecule has 0 spiro atoms. The van der Waals surface area contributed by atoms with E-state index in [1.807, 2.05) is 12.1 Å². The maximum Gasteiger partial charge on any atom is 0.0409 e. The van der Waals surface area contributed by atoms with Crippen molar-refractivity contribution in [3.05, 3.63) is 34.9 Å². The molecule has 3 atom stereocenters. The lowest BCUT2D eigenvalue weighted by atomic mass is 10.0. The van der Waals surface area contributed by atoms with E-state index in [0.717, 1.165) is 18.1 Å². The first-order valence-corrected chi connectivity index (χ1v) is 6.69. The van der Waals surface area contributed by atoms with Gasteiger partial charge in [-0.3, -0.25) is 4.90 Å². The standard InChI is InChI=1S/C14H21ClN2/c1-10-8-17(9-11(2)16-10)12(3)13-5-4-6-14(15)7-13/h4-7,10-12,16H,8-9H2,1-3H3. The van der Waals surface area contributed by atoms with E-state index in [1.165, 1.54) is 5.56 Å². The molecule has 2 rings (SSSR count). The maximum absolute atomic E-state index is 6.05. The lowest BCUT2D eigenvalue weighted by molar-refractivity contribution is 0.131. The van der Waals surface area contributed by atoms with Gasteiger partial charge in [0, 0.05) is 36.2 Å². The van der Waals surface area contributed by atoms with Crippen molar-refractivity contribution in [1.29, 1.82) is 0 Å². The maximum atomic E-state index is 6.05. The van der Waals surface area contributed by atoms with Gasteiger partial charge in [-0.15, -0.1) is 0 Å². The summed E-state index contributed by atoms with van der Waals surface area (Å²) in [6, 6.07) is 9.74. The fourth-order valence-corrected chi connectivity index (χ4v) is 2.86. The average molecular weight is 253 g/mol. The summed E-state index contributed by atoms with van der Waals surface area (Å²) in [4.78, 5) is 2.53. The predicted molar refractivity (Wildman–Crippen MR) is 73.5 cm³/mol. The highest BCUT2D eigenvalue weighted by atomic mass is 35.5. The van der Waals surface area contributed by atoms with Crippen molar-refractivity contribution in [2.24, 2.45) is 0 Å². The number of hydrogen-bond donors (Lipinski definition) is 1. The Hall–Kier alpha value is -0.570. The van der Waals surface area contributed by atoms with Crippen molar-refractivity contribution < 1.29 is 0 Å². The largest absolute Gasteiger partial charge is 0.309 e. The second kappa shape index (κ2) is 5.38. The Balaban J connectivity index is 2.11. The van der Waals surface area contributed by atoms with Gasteiger partial charge in [-0.05, 0) is 38.5 Å². The van der Waals surface area contributed by atoms with E-state index in [-0.39, 0.29) is 0 Å². The van der Waals surface area contributed by atoms with Gasteiger partial charge in [0.2, 0.25) is 0 Å². The third kappa shape index (κ3) is 3.21. The summed E-state index contributed by atoms with van der Waals surface area (Å²) in [6.07, 6.45) is 0. The van der Waals surface area contributed by atoms with Gasteiger partial charge in [0.05, 0.1) is 0 Å². The first kappa shape index (κ1) is 12.9. The molecule has 0 amide bonds. The predicted octanol–water partition coefficient (Wildman–Crippen LogP) is 3.08. The van der Waals surface area contributed by atoms with Crippen LogP contribution in [0.2, 0.25) is 5.02 Å². The summed E-state index contributed by atoms with van der Waals surface area (Å²) < 4.78 is 0. The molecule has 3 heteroatoms. The van der Waals surface area contributed by atoms with Crippen molar-refractivity contribution in [2.45, 2.75) is 38.9 Å². The van der Waals surface area contributed by atoms with E-state index >= 15 is 0 Å². The third-order valence-electron chi connectivity index (χ3n) is 3.46. The molecule has 1 aliphatic heterocycles. The minimum Gasteiger partial charge on any atom is -0.309 e. The van der Waals surface area contributed by atoms with Crippen LogP contribution in [0.3, 0.4) is 0 Å². The second-order valence-corrected chi connectivity index (χ2v) is 5.59. The van der Waals surface area contributed by atoms with Crippen LogP contribution < -0.4 is 5.32 Å². The molecule has 0 radical (unpaired) electrons. The molecule has 1 aromatic rings. The molecule has 1 aliphatic rings.